The van der Waals surface area contributed by atoms with Gasteiger partial charge in [0.25, 0.3) is 0 Å². The molecule has 0 bridgehead atoms. The quantitative estimate of drug-likeness (QED) is 0.640. The van der Waals surface area contributed by atoms with Crippen molar-refractivity contribution in [3.63, 3.8) is 0 Å². The zero-order valence-corrected chi connectivity index (χ0v) is 14.7. The van der Waals surface area contributed by atoms with Crippen LogP contribution in [0.1, 0.15) is 18.9 Å². The molecule has 25 heavy (non-hydrogen) atoms. The molecule has 0 radical (unpaired) electrons. The third-order valence-electron chi connectivity index (χ3n) is 3.61. The number of nitrogens with zero attached hydrogens (tertiary/aromatic N) is 1. The van der Waals surface area contributed by atoms with Gasteiger partial charge in [-0.1, -0.05) is 36.5 Å². The number of aryl methyl sites for hydroxylation is 1. The van der Waals surface area contributed by atoms with Gasteiger partial charge in [0.15, 0.2) is 5.13 Å². The number of benzene rings is 2. The molecular weight excluding hydrogens is 336 g/mol. The predicted molar refractivity (Wildman–Crippen MR) is 102 cm³/mol. The number of para-hydroxylation sites is 1. The van der Waals surface area contributed by atoms with E-state index in [4.69, 9.17) is 0 Å². The average molecular weight is 354 g/mol. The highest BCUT2D eigenvalue weighted by atomic mass is 32.1. The highest BCUT2D eigenvalue weighted by Crippen LogP contribution is 2.28. The van der Waals surface area contributed by atoms with Crippen molar-refractivity contribution in [2.75, 3.05) is 16.0 Å². The smallest absolute Gasteiger partial charge is 0.308 e. The Hall–Kier alpha value is -2.93. The van der Waals surface area contributed by atoms with E-state index in [0.717, 1.165) is 21.5 Å². The lowest BCUT2D eigenvalue weighted by molar-refractivity contribution is -0.115. The molecule has 0 fully saturated rings. The summed E-state index contributed by atoms with van der Waals surface area (Å²) in [5.74, 6) is -0.0741. The molecular formula is C18H18N4O2S. The lowest BCUT2D eigenvalue weighted by Crippen LogP contribution is -2.19. The topological polar surface area (TPSA) is 83.1 Å². The Morgan fingerprint density at radius 3 is 2.64 bits per heavy atom. The highest BCUT2D eigenvalue weighted by molar-refractivity contribution is 7.22. The number of hydrogen-bond acceptors (Lipinski definition) is 4. The SMILES string of the molecule is CCC(=O)Nc1nc2ccc(NC(=O)Nc3ccccc3C)cc2s1. The predicted octanol–water partition coefficient (Wildman–Crippen LogP) is 4.60. The molecule has 3 N–H and O–H groups in total. The van der Waals surface area contributed by atoms with Gasteiger partial charge in [0, 0.05) is 17.8 Å². The number of anilines is 3. The molecule has 0 aliphatic rings. The molecule has 2 aromatic carbocycles. The van der Waals surface area contributed by atoms with E-state index in [2.05, 4.69) is 20.9 Å². The molecule has 128 valence electrons. The molecule has 1 heterocycles. The van der Waals surface area contributed by atoms with E-state index in [0.29, 0.717) is 17.2 Å². The first-order chi connectivity index (χ1) is 12.0. The van der Waals surface area contributed by atoms with E-state index < -0.39 is 0 Å². The Labute approximate surface area is 149 Å². The number of carbonyl (C=O) groups is 2. The number of amides is 3. The normalized spacial score (nSPS) is 10.5. The first-order valence-corrected chi connectivity index (χ1v) is 8.71. The average Bonchev–Trinajstić information content (AvgIpc) is 2.98. The van der Waals surface area contributed by atoms with Crippen molar-refractivity contribution in [2.24, 2.45) is 0 Å². The van der Waals surface area contributed by atoms with Crippen LogP contribution < -0.4 is 16.0 Å². The van der Waals surface area contributed by atoms with Crippen LogP contribution in [0.4, 0.5) is 21.3 Å². The fraction of sp³-hybridized carbons (Fsp3) is 0.167. The van der Waals surface area contributed by atoms with Gasteiger partial charge in [-0.25, -0.2) is 9.78 Å². The summed E-state index contributed by atoms with van der Waals surface area (Å²) in [5, 5.41) is 8.95. The molecule has 6 nitrogen and oxygen atoms in total. The van der Waals surface area contributed by atoms with Crippen molar-refractivity contribution >= 4 is 50.0 Å². The summed E-state index contributed by atoms with van der Waals surface area (Å²) in [7, 11) is 0. The van der Waals surface area contributed by atoms with Crippen LogP contribution in [0, 0.1) is 6.92 Å². The summed E-state index contributed by atoms with van der Waals surface area (Å²) in [4.78, 5) is 28.0. The standard InChI is InChI=1S/C18H18N4O2S/c1-3-16(23)22-18-21-14-9-8-12(10-15(14)25-18)19-17(24)20-13-7-5-4-6-11(13)2/h4-10H,3H2,1-2H3,(H2,19,20,24)(H,21,22,23). The van der Waals surface area contributed by atoms with Gasteiger partial charge < -0.3 is 16.0 Å². The number of rotatable bonds is 4. The van der Waals surface area contributed by atoms with Gasteiger partial charge in [-0.2, -0.15) is 0 Å². The van der Waals surface area contributed by atoms with Crippen molar-refractivity contribution < 1.29 is 9.59 Å². The van der Waals surface area contributed by atoms with Crippen molar-refractivity contribution in [3.05, 3.63) is 48.0 Å². The number of nitrogens with one attached hydrogen (secondary N) is 3. The minimum absolute atomic E-state index is 0.0741. The number of aromatic nitrogens is 1. The third kappa shape index (κ3) is 4.13. The van der Waals surface area contributed by atoms with E-state index in [-0.39, 0.29) is 11.9 Å². The summed E-state index contributed by atoms with van der Waals surface area (Å²) in [6.45, 7) is 3.73. The Bertz CT molecular complexity index is 936. The second-order valence-electron chi connectivity index (χ2n) is 5.50. The molecule has 3 rings (SSSR count). The maximum atomic E-state index is 12.2. The molecule has 0 unspecified atom stereocenters. The fourth-order valence-corrected chi connectivity index (χ4v) is 3.18. The van der Waals surface area contributed by atoms with Crippen molar-refractivity contribution in [3.8, 4) is 0 Å². The molecule has 0 saturated heterocycles. The maximum absolute atomic E-state index is 12.2. The van der Waals surface area contributed by atoms with Gasteiger partial charge in [-0.3, -0.25) is 4.79 Å². The molecule has 3 aromatic rings. The Morgan fingerprint density at radius 1 is 1.08 bits per heavy atom. The molecule has 0 atom stereocenters. The zero-order valence-electron chi connectivity index (χ0n) is 13.9. The van der Waals surface area contributed by atoms with Crippen molar-refractivity contribution in [2.45, 2.75) is 20.3 Å². The molecule has 1 aromatic heterocycles. The van der Waals surface area contributed by atoms with E-state index in [9.17, 15) is 9.59 Å². The summed E-state index contributed by atoms with van der Waals surface area (Å²) in [5.41, 5.74) is 3.20. The number of urea groups is 1. The monoisotopic (exact) mass is 354 g/mol. The van der Waals surface area contributed by atoms with Crippen LogP contribution >= 0.6 is 11.3 Å². The minimum Gasteiger partial charge on any atom is -0.308 e. The number of fused-ring (bicyclic) bond motifs is 1. The van der Waals surface area contributed by atoms with Crippen LogP contribution in [0.2, 0.25) is 0 Å². The molecule has 0 saturated carbocycles. The van der Waals surface area contributed by atoms with Crippen LogP contribution in [0.3, 0.4) is 0 Å². The summed E-state index contributed by atoms with van der Waals surface area (Å²) >= 11 is 1.37. The van der Waals surface area contributed by atoms with E-state index in [1.165, 1.54) is 11.3 Å². The summed E-state index contributed by atoms with van der Waals surface area (Å²) in [6, 6.07) is 12.7. The lowest BCUT2D eigenvalue weighted by Gasteiger charge is -2.09. The third-order valence-corrected chi connectivity index (χ3v) is 4.54. The van der Waals surface area contributed by atoms with E-state index in [1.807, 2.05) is 43.3 Å². The molecule has 3 amide bonds. The van der Waals surface area contributed by atoms with Gasteiger partial charge in [0.05, 0.1) is 10.2 Å². The van der Waals surface area contributed by atoms with Gasteiger partial charge in [0.1, 0.15) is 0 Å². The van der Waals surface area contributed by atoms with Crippen LogP contribution in [0.25, 0.3) is 10.2 Å². The fourth-order valence-electron chi connectivity index (χ4n) is 2.26. The second kappa shape index (κ2) is 7.31. The van der Waals surface area contributed by atoms with E-state index in [1.54, 1.807) is 13.0 Å². The summed E-state index contributed by atoms with van der Waals surface area (Å²) < 4.78 is 0.889. The Balaban J connectivity index is 1.72. The minimum atomic E-state index is -0.308. The Morgan fingerprint density at radius 2 is 1.88 bits per heavy atom. The zero-order chi connectivity index (χ0) is 17.8. The molecule has 0 aliphatic carbocycles. The molecule has 7 heteroatoms. The van der Waals surface area contributed by atoms with Gasteiger partial charge in [0.2, 0.25) is 5.91 Å². The lowest BCUT2D eigenvalue weighted by atomic mass is 10.2. The van der Waals surface area contributed by atoms with Gasteiger partial charge in [-0.15, -0.1) is 0 Å². The maximum Gasteiger partial charge on any atom is 0.323 e. The van der Waals surface area contributed by atoms with E-state index >= 15 is 0 Å². The van der Waals surface area contributed by atoms with Crippen LogP contribution in [0.15, 0.2) is 42.5 Å². The number of carbonyl (C=O) groups excluding carboxylic acids is 2. The first-order valence-electron chi connectivity index (χ1n) is 7.89. The largest absolute Gasteiger partial charge is 0.323 e. The van der Waals surface area contributed by atoms with Crippen LogP contribution in [-0.4, -0.2) is 16.9 Å². The molecule has 0 aliphatic heterocycles. The van der Waals surface area contributed by atoms with Crippen LogP contribution in [0.5, 0.6) is 0 Å². The first kappa shape index (κ1) is 16.9. The number of thiazole rings is 1. The van der Waals surface area contributed by atoms with Gasteiger partial charge >= 0.3 is 6.03 Å². The second-order valence-corrected chi connectivity index (χ2v) is 6.53. The van der Waals surface area contributed by atoms with Crippen LogP contribution in [-0.2, 0) is 4.79 Å². The van der Waals surface area contributed by atoms with Gasteiger partial charge in [-0.05, 0) is 36.8 Å². The Kier molecular flexibility index (Phi) is 4.95. The molecule has 0 spiro atoms. The van der Waals surface area contributed by atoms with Crippen molar-refractivity contribution in [1.82, 2.24) is 4.98 Å². The number of hydrogen-bond donors (Lipinski definition) is 3. The summed E-state index contributed by atoms with van der Waals surface area (Å²) in [6.07, 6.45) is 0.405. The highest BCUT2D eigenvalue weighted by Gasteiger charge is 2.09. The van der Waals surface area contributed by atoms with Crippen molar-refractivity contribution in [1.29, 1.82) is 0 Å².